The number of rotatable bonds is 8. The first-order chi connectivity index (χ1) is 15.6. The van der Waals surface area contributed by atoms with Crippen LogP contribution in [-0.2, 0) is 9.53 Å². The molecule has 0 unspecified atom stereocenters. The molecule has 1 heterocycles. The first-order valence-corrected chi connectivity index (χ1v) is 10.2. The fourth-order valence-corrected chi connectivity index (χ4v) is 3.14. The van der Waals surface area contributed by atoms with Crippen LogP contribution in [0, 0.1) is 6.92 Å². The van der Waals surface area contributed by atoms with Crippen molar-refractivity contribution in [3.8, 4) is 17.2 Å². The largest absolute Gasteiger partial charge is 0.497 e. The van der Waals surface area contributed by atoms with Gasteiger partial charge in [-0.15, -0.1) is 0 Å². The smallest absolute Gasteiger partial charge is 0.363 e. The van der Waals surface area contributed by atoms with Crippen LogP contribution < -0.4 is 14.2 Å². The number of hydrogen-bond acceptors (Lipinski definition) is 6. The van der Waals surface area contributed by atoms with Crippen molar-refractivity contribution in [1.82, 2.24) is 0 Å². The van der Waals surface area contributed by atoms with Crippen LogP contribution in [0.15, 0.2) is 83.5 Å². The highest BCUT2D eigenvalue weighted by molar-refractivity contribution is 6.12. The summed E-state index contributed by atoms with van der Waals surface area (Å²) >= 11 is 0. The van der Waals surface area contributed by atoms with E-state index in [1.165, 1.54) is 0 Å². The van der Waals surface area contributed by atoms with E-state index in [0.29, 0.717) is 24.9 Å². The van der Waals surface area contributed by atoms with E-state index >= 15 is 0 Å². The fourth-order valence-electron chi connectivity index (χ4n) is 3.14. The summed E-state index contributed by atoms with van der Waals surface area (Å²) in [7, 11) is 1.62. The lowest BCUT2D eigenvalue weighted by molar-refractivity contribution is -0.129. The minimum Gasteiger partial charge on any atom is -0.497 e. The molecule has 1 aliphatic rings. The Balaban J connectivity index is 1.33. The molecule has 0 amide bonds. The van der Waals surface area contributed by atoms with E-state index in [9.17, 15) is 4.79 Å². The van der Waals surface area contributed by atoms with Crippen LogP contribution in [0.4, 0.5) is 0 Å². The van der Waals surface area contributed by atoms with Crippen LogP contribution in [0.1, 0.15) is 16.7 Å². The number of esters is 1. The second-order valence-corrected chi connectivity index (χ2v) is 7.15. The third kappa shape index (κ3) is 5.35. The minimum absolute atomic E-state index is 0.266. The van der Waals surface area contributed by atoms with E-state index in [1.807, 2.05) is 79.7 Å². The van der Waals surface area contributed by atoms with Crippen molar-refractivity contribution in [2.45, 2.75) is 6.92 Å². The van der Waals surface area contributed by atoms with Gasteiger partial charge >= 0.3 is 5.97 Å². The van der Waals surface area contributed by atoms with Crippen LogP contribution in [-0.4, -0.2) is 32.2 Å². The number of carbonyl (C=O) groups is 1. The highest BCUT2D eigenvalue weighted by Gasteiger charge is 2.24. The molecule has 0 aliphatic carbocycles. The van der Waals surface area contributed by atoms with Gasteiger partial charge in [-0.05, 0) is 55.0 Å². The number of nitrogens with zero attached hydrogens (tertiary/aromatic N) is 1. The third-order valence-corrected chi connectivity index (χ3v) is 4.73. The van der Waals surface area contributed by atoms with Crippen molar-refractivity contribution in [1.29, 1.82) is 0 Å². The molecule has 0 N–H and O–H groups in total. The van der Waals surface area contributed by atoms with Gasteiger partial charge in [0.2, 0.25) is 5.90 Å². The summed E-state index contributed by atoms with van der Waals surface area (Å²) in [5, 5.41) is 0. The molecule has 0 radical (unpaired) electrons. The summed E-state index contributed by atoms with van der Waals surface area (Å²) in [6.07, 6.45) is 1.70. The number of benzene rings is 3. The molecule has 6 heteroatoms. The van der Waals surface area contributed by atoms with Crippen LogP contribution in [0.25, 0.3) is 6.08 Å². The Bertz CT molecular complexity index is 1160. The van der Waals surface area contributed by atoms with E-state index in [4.69, 9.17) is 18.9 Å². The van der Waals surface area contributed by atoms with E-state index in [2.05, 4.69) is 4.99 Å². The van der Waals surface area contributed by atoms with Crippen molar-refractivity contribution in [2.24, 2.45) is 4.99 Å². The zero-order valence-corrected chi connectivity index (χ0v) is 17.9. The molecule has 162 valence electrons. The predicted octanol–water partition coefficient (Wildman–Crippen LogP) is 4.81. The van der Waals surface area contributed by atoms with Gasteiger partial charge in [0.05, 0.1) is 7.11 Å². The lowest BCUT2D eigenvalue weighted by Crippen LogP contribution is -2.09. The Kier molecular flexibility index (Phi) is 6.51. The van der Waals surface area contributed by atoms with Gasteiger partial charge in [0.1, 0.15) is 30.5 Å². The maximum Gasteiger partial charge on any atom is 0.363 e. The average Bonchev–Trinajstić information content (AvgIpc) is 3.18. The first-order valence-electron chi connectivity index (χ1n) is 10.2. The van der Waals surface area contributed by atoms with Crippen molar-refractivity contribution in [2.75, 3.05) is 20.3 Å². The second-order valence-electron chi connectivity index (χ2n) is 7.15. The van der Waals surface area contributed by atoms with E-state index in [1.54, 1.807) is 13.2 Å². The maximum absolute atomic E-state index is 12.2. The molecule has 0 bridgehead atoms. The summed E-state index contributed by atoms with van der Waals surface area (Å²) in [4.78, 5) is 16.5. The van der Waals surface area contributed by atoms with E-state index in [0.717, 1.165) is 28.2 Å². The topological polar surface area (TPSA) is 66.3 Å². The van der Waals surface area contributed by atoms with E-state index < -0.39 is 5.97 Å². The average molecular weight is 429 g/mol. The Hall–Kier alpha value is -4.06. The van der Waals surface area contributed by atoms with Crippen molar-refractivity contribution in [3.05, 3.63) is 95.2 Å². The predicted molar refractivity (Wildman–Crippen MR) is 122 cm³/mol. The molecular formula is C26H23NO5. The summed E-state index contributed by atoms with van der Waals surface area (Å²) in [5.74, 6) is 2.04. The molecule has 6 nitrogen and oxygen atoms in total. The van der Waals surface area contributed by atoms with E-state index in [-0.39, 0.29) is 5.70 Å². The molecule has 0 aromatic heterocycles. The Labute approximate surface area is 186 Å². The Morgan fingerprint density at radius 3 is 2.34 bits per heavy atom. The van der Waals surface area contributed by atoms with Gasteiger partial charge in [-0.3, -0.25) is 0 Å². The van der Waals surface area contributed by atoms with Crippen molar-refractivity contribution >= 4 is 17.9 Å². The zero-order valence-electron chi connectivity index (χ0n) is 17.9. The van der Waals surface area contributed by atoms with Crippen LogP contribution in [0.5, 0.6) is 17.2 Å². The van der Waals surface area contributed by atoms with Crippen LogP contribution in [0.2, 0.25) is 0 Å². The molecule has 32 heavy (non-hydrogen) atoms. The SMILES string of the molecule is COc1cccc(OCCOc2ccc(C=C3N=C(c4cccc(C)c4)OC3=O)cc2)c1. The van der Waals surface area contributed by atoms with Crippen molar-refractivity contribution < 1.29 is 23.7 Å². The molecule has 0 spiro atoms. The number of ether oxygens (including phenoxy) is 4. The summed E-state index contributed by atoms with van der Waals surface area (Å²) in [5.41, 5.74) is 2.94. The van der Waals surface area contributed by atoms with Gasteiger partial charge in [0, 0.05) is 11.6 Å². The fraction of sp³-hybridized carbons (Fsp3) is 0.154. The van der Waals surface area contributed by atoms with Gasteiger partial charge in [-0.1, -0.05) is 35.9 Å². The van der Waals surface area contributed by atoms with Gasteiger partial charge < -0.3 is 18.9 Å². The number of aliphatic imine (C=N–C) groups is 1. The molecule has 0 fully saturated rings. The standard InChI is InChI=1S/C26H23NO5/c1-18-5-3-6-20(15-18)25-27-24(26(28)32-25)16-19-9-11-21(12-10-19)30-13-14-31-23-8-4-7-22(17-23)29-2/h3-12,15-17H,13-14H2,1-2H3. The zero-order chi connectivity index (χ0) is 22.3. The molecule has 1 aliphatic heterocycles. The van der Waals surface area contributed by atoms with Crippen LogP contribution in [0.3, 0.4) is 0 Å². The lowest BCUT2D eigenvalue weighted by Gasteiger charge is -2.09. The molecule has 0 saturated heterocycles. The Morgan fingerprint density at radius 1 is 0.875 bits per heavy atom. The highest BCUT2D eigenvalue weighted by atomic mass is 16.6. The molecule has 3 aromatic rings. The summed E-state index contributed by atoms with van der Waals surface area (Å²) in [6.45, 7) is 2.78. The summed E-state index contributed by atoms with van der Waals surface area (Å²) in [6, 6.07) is 22.5. The molecule has 4 rings (SSSR count). The quantitative estimate of drug-likeness (QED) is 0.292. The number of carbonyl (C=O) groups excluding carboxylic acids is 1. The van der Waals surface area contributed by atoms with Gasteiger partial charge in [0.25, 0.3) is 0 Å². The lowest BCUT2D eigenvalue weighted by atomic mass is 10.1. The molecule has 0 atom stereocenters. The Morgan fingerprint density at radius 2 is 1.59 bits per heavy atom. The monoisotopic (exact) mass is 429 g/mol. The van der Waals surface area contributed by atoms with Crippen molar-refractivity contribution in [3.63, 3.8) is 0 Å². The summed E-state index contributed by atoms with van der Waals surface area (Å²) < 4.78 is 21.9. The molecular weight excluding hydrogens is 406 g/mol. The molecule has 0 saturated carbocycles. The van der Waals surface area contributed by atoms with Gasteiger partial charge in [-0.25, -0.2) is 9.79 Å². The number of aryl methyl sites for hydroxylation is 1. The van der Waals surface area contributed by atoms with Gasteiger partial charge in [-0.2, -0.15) is 0 Å². The maximum atomic E-state index is 12.2. The normalized spacial score (nSPS) is 14.1. The third-order valence-electron chi connectivity index (χ3n) is 4.73. The highest BCUT2D eigenvalue weighted by Crippen LogP contribution is 2.22. The number of methoxy groups -OCH3 is 1. The number of hydrogen-bond donors (Lipinski definition) is 0. The molecule has 3 aromatic carbocycles. The van der Waals surface area contributed by atoms with Gasteiger partial charge in [0.15, 0.2) is 5.70 Å². The minimum atomic E-state index is -0.462. The number of cyclic esters (lactones) is 1. The first kappa shape index (κ1) is 21.2. The van der Waals surface area contributed by atoms with Crippen LogP contribution >= 0.6 is 0 Å². The second kappa shape index (κ2) is 9.83.